The molecule has 0 unspecified atom stereocenters. The number of phenolic OH excluding ortho intramolecular Hbond substituents is 1. The number of halogens is 2. The molecule has 0 saturated carbocycles. The van der Waals surface area contributed by atoms with Gasteiger partial charge < -0.3 is 15.2 Å². The molecule has 150 valence electrons. The first-order valence-electron chi connectivity index (χ1n) is 8.64. The van der Waals surface area contributed by atoms with E-state index in [1.165, 1.54) is 42.5 Å². The van der Waals surface area contributed by atoms with E-state index in [-0.39, 0.29) is 27.9 Å². The summed E-state index contributed by atoms with van der Waals surface area (Å²) >= 11 is 12.0. The molecule has 0 fully saturated rings. The molecule has 3 rings (SSSR count). The second-order valence-electron chi connectivity index (χ2n) is 6.10. The van der Waals surface area contributed by atoms with Crippen LogP contribution in [0.3, 0.4) is 0 Å². The highest BCUT2D eigenvalue weighted by Gasteiger charge is 2.39. The molecular formula is C20H16Cl2N2O5. The molecule has 0 saturated heterocycles. The van der Waals surface area contributed by atoms with Crippen LogP contribution in [0.15, 0.2) is 53.2 Å². The number of anilines is 2. The standard InChI is InChI=1S/C20H16Cl2N2O5/c1-2-9-29-20(28)11-3-6-13(7-4-11)24-18(26)16(22)17(19(24)27)23-14-10-12(21)5-8-15(14)25/h3-8,10,23,25H,2,9H2,1H3. The van der Waals surface area contributed by atoms with Gasteiger partial charge in [-0.25, -0.2) is 9.69 Å². The van der Waals surface area contributed by atoms with Crippen LogP contribution < -0.4 is 10.2 Å². The Hall–Kier alpha value is -3.03. The summed E-state index contributed by atoms with van der Waals surface area (Å²) in [5, 5.41) is 12.6. The Morgan fingerprint density at radius 3 is 2.45 bits per heavy atom. The number of ether oxygens (including phenoxy) is 1. The highest BCUT2D eigenvalue weighted by Crippen LogP contribution is 2.33. The third kappa shape index (κ3) is 4.21. The van der Waals surface area contributed by atoms with Crippen molar-refractivity contribution >= 4 is 52.4 Å². The van der Waals surface area contributed by atoms with Crippen LogP contribution in [0.25, 0.3) is 0 Å². The molecular weight excluding hydrogens is 419 g/mol. The van der Waals surface area contributed by atoms with Crippen molar-refractivity contribution in [3.8, 4) is 5.75 Å². The third-order valence-electron chi connectivity index (χ3n) is 4.04. The van der Waals surface area contributed by atoms with Crippen LogP contribution in [0, 0.1) is 0 Å². The van der Waals surface area contributed by atoms with Crippen molar-refractivity contribution in [2.24, 2.45) is 0 Å². The predicted molar refractivity (Wildman–Crippen MR) is 109 cm³/mol. The Labute approximate surface area is 176 Å². The fourth-order valence-electron chi connectivity index (χ4n) is 2.61. The van der Waals surface area contributed by atoms with Gasteiger partial charge in [0.05, 0.1) is 23.5 Å². The Bertz CT molecular complexity index is 1020. The molecule has 0 radical (unpaired) electrons. The van der Waals surface area contributed by atoms with Gasteiger partial charge in [-0.3, -0.25) is 9.59 Å². The first-order valence-corrected chi connectivity index (χ1v) is 9.40. The summed E-state index contributed by atoms with van der Waals surface area (Å²) in [7, 11) is 0. The number of carbonyl (C=O) groups is 3. The summed E-state index contributed by atoms with van der Waals surface area (Å²) in [6.45, 7) is 2.18. The average Bonchev–Trinajstić information content (AvgIpc) is 2.92. The molecule has 7 nitrogen and oxygen atoms in total. The van der Waals surface area contributed by atoms with Gasteiger partial charge in [-0.1, -0.05) is 30.1 Å². The molecule has 2 aromatic rings. The van der Waals surface area contributed by atoms with E-state index in [1.54, 1.807) is 0 Å². The largest absolute Gasteiger partial charge is 0.506 e. The lowest BCUT2D eigenvalue weighted by atomic mass is 10.2. The molecule has 0 bridgehead atoms. The normalized spacial score (nSPS) is 13.8. The van der Waals surface area contributed by atoms with Gasteiger partial charge in [0, 0.05) is 5.02 Å². The number of imide groups is 1. The van der Waals surface area contributed by atoms with Crippen molar-refractivity contribution in [2.45, 2.75) is 13.3 Å². The number of phenols is 1. The molecule has 0 spiro atoms. The van der Waals surface area contributed by atoms with E-state index in [0.717, 1.165) is 4.90 Å². The SMILES string of the molecule is CCCOC(=O)c1ccc(N2C(=O)C(Cl)=C(Nc3cc(Cl)ccc3O)C2=O)cc1. The minimum Gasteiger partial charge on any atom is -0.506 e. The van der Waals surface area contributed by atoms with Gasteiger partial charge in [-0.2, -0.15) is 0 Å². The second kappa shape index (κ2) is 8.55. The van der Waals surface area contributed by atoms with Crippen molar-refractivity contribution in [1.82, 2.24) is 0 Å². The molecule has 0 aliphatic carbocycles. The van der Waals surface area contributed by atoms with Gasteiger partial charge in [0.15, 0.2) is 0 Å². The van der Waals surface area contributed by atoms with Crippen LogP contribution in [0.5, 0.6) is 5.75 Å². The number of carbonyl (C=O) groups excluding carboxylic acids is 3. The maximum Gasteiger partial charge on any atom is 0.338 e. The zero-order chi connectivity index (χ0) is 21.1. The van der Waals surface area contributed by atoms with E-state index in [4.69, 9.17) is 27.9 Å². The van der Waals surface area contributed by atoms with Gasteiger partial charge >= 0.3 is 5.97 Å². The molecule has 29 heavy (non-hydrogen) atoms. The van der Waals surface area contributed by atoms with Gasteiger partial charge in [0.1, 0.15) is 16.5 Å². The summed E-state index contributed by atoms with van der Waals surface area (Å²) in [5.41, 5.74) is 0.461. The number of esters is 1. The fraction of sp³-hybridized carbons (Fsp3) is 0.150. The number of aromatic hydroxyl groups is 1. The molecule has 1 heterocycles. The molecule has 2 N–H and O–H groups in total. The Balaban J connectivity index is 1.82. The molecule has 0 atom stereocenters. The summed E-state index contributed by atoms with van der Waals surface area (Å²) in [4.78, 5) is 38.1. The number of nitrogens with one attached hydrogen (secondary N) is 1. The van der Waals surface area contributed by atoms with Crippen LogP contribution >= 0.6 is 23.2 Å². The third-order valence-corrected chi connectivity index (χ3v) is 4.63. The first-order chi connectivity index (χ1) is 13.8. The number of benzene rings is 2. The van der Waals surface area contributed by atoms with E-state index in [0.29, 0.717) is 23.6 Å². The molecule has 1 aliphatic heterocycles. The molecule has 2 aromatic carbocycles. The van der Waals surface area contributed by atoms with Crippen molar-refractivity contribution in [1.29, 1.82) is 0 Å². The van der Waals surface area contributed by atoms with Crippen molar-refractivity contribution < 1.29 is 24.2 Å². The minimum absolute atomic E-state index is 0.127. The van der Waals surface area contributed by atoms with Crippen molar-refractivity contribution in [3.05, 3.63) is 63.8 Å². The molecule has 0 aromatic heterocycles. The zero-order valence-corrected chi connectivity index (χ0v) is 16.8. The van der Waals surface area contributed by atoms with Gasteiger partial charge in [0.25, 0.3) is 11.8 Å². The summed E-state index contributed by atoms with van der Waals surface area (Å²) in [6.07, 6.45) is 0.697. The van der Waals surface area contributed by atoms with Gasteiger partial charge in [-0.15, -0.1) is 0 Å². The van der Waals surface area contributed by atoms with E-state index in [2.05, 4.69) is 5.32 Å². The number of amides is 2. The van der Waals surface area contributed by atoms with Crippen molar-refractivity contribution in [3.63, 3.8) is 0 Å². The number of rotatable bonds is 6. The second-order valence-corrected chi connectivity index (χ2v) is 6.92. The van der Waals surface area contributed by atoms with Crippen LogP contribution in [0.1, 0.15) is 23.7 Å². The lowest BCUT2D eigenvalue weighted by Gasteiger charge is -2.15. The van der Waals surface area contributed by atoms with E-state index in [9.17, 15) is 19.5 Å². The highest BCUT2D eigenvalue weighted by molar-refractivity contribution is 6.53. The molecule has 1 aliphatic rings. The van der Waals surface area contributed by atoms with E-state index < -0.39 is 17.8 Å². The molecule has 2 amide bonds. The van der Waals surface area contributed by atoms with Crippen LogP contribution in [-0.4, -0.2) is 29.5 Å². The lowest BCUT2D eigenvalue weighted by molar-refractivity contribution is -0.120. The number of hydrogen-bond acceptors (Lipinski definition) is 6. The van der Waals surface area contributed by atoms with Gasteiger partial charge in [-0.05, 0) is 48.9 Å². The lowest BCUT2D eigenvalue weighted by Crippen LogP contribution is -2.32. The topological polar surface area (TPSA) is 95.9 Å². The zero-order valence-electron chi connectivity index (χ0n) is 15.2. The predicted octanol–water partition coefficient (Wildman–Crippen LogP) is 4.05. The fourth-order valence-corrected chi connectivity index (χ4v) is 3.00. The summed E-state index contributed by atoms with van der Waals surface area (Å²) < 4.78 is 5.05. The first kappa shape index (κ1) is 20.7. The highest BCUT2D eigenvalue weighted by atomic mass is 35.5. The summed E-state index contributed by atoms with van der Waals surface area (Å²) in [6, 6.07) is 10.0. The van der Waals surface area contributed by atoms with E-state index in [1.807, 2.05) is 6.92 Å². The summed E-state index contributed by atoms with van der Waals surface area (Å²) in [5.74, 6) is -2.10. The monoisotopic (exact) mass is 434 g/mol. The smallest absolute Gasteiger partial charge is 0.338 e. The van der Waals surface area contributed by atoms with Crippen LogP contribution in [-0.2, 0) is 14.3 Å². The number of hydrogen-bond donors (Lipinski definition) is 2. The molecule has 9 heteroatoms. The van der Waals surface area contributed by atoms with Crippen LogP contribution in [0.4, 0.5) is 11.4 Å². The maximum absolute atomic E-state index is 12.8. The maximum atomic E-state index is 12.8. The van der Waals surface area contributed by atoms with Crippen LogP contribution in [0.2, 0.25) is 5.02 Å². The van der Waals surface area contributed by atoms with E-state index >= 15 is 0 Å². The number of nitrogens with zero attached hydrogens (tertiary/aromatic N) is 1. The van der Waals surface area contributed by atoms with Gasteiger partial charge in [0.2, 0.25) is 0 Å². The Morgan fingerprint density at radius 2 is 1.79 bits per heavy atom. The average molecular weight is 435 g/mol. The quantitative estimate of drug-likeness (QED) is 0.404. The minimum atomic E-state index is -0.734. The Kier molecular flexibility index (Phi) is 6.10. The van der Waals surface area contributed by atoms with Crippen molar-refractivity contribution in [2.75, 3.05) is 16.8 Å². The Morgan fingerprint density at radius 1 is 1.10 bits per heavy atom.